The number of ether oxygens (including phenoxy) is 1. The third kappa shape index (κ3) is 3.08. The topological polar surface area (TPSA) is 81.8 Å². The molecule has 1 aliphatic heterocycles. The van der Waals surface area contributed by atoms with E-state index in [4.69, 9.17) is 4.74 Å². The summed E-state index contributed by atoms with van der Waals surface area (Å²) in [7, 11) is 0. The van der Waals surface area contributed by atoms with E-state index in [-0.39, 0.29) is 17.3 Å². The van der Waals surface area contributed by atoms with Gasteiger partial charge in [0.2, 0.25) is 5.90 Å². The zero-order valence-electron chi connectivity index (χ0n) is 14.4. The number of nitro benzene ring substituents is 1. The van der Waals surface area contributed by atoms with Crippen LogP contribution in [0.25, 0.3) is 16.8 Å². The summed E-state index contributed by atoms with van der Waals surface area (Å²) in [5.74, 6) is -0.404. The molecule has 0 saturated carbocycles. The molecular formula is C21H14N2O4. The standard InChI is InChI=1S/C21H14N2O4/c1-13-11-16(9-10-19(13)23(25)26)20-22-18(21(24)27-20)12-15-7-4-6-14-5-2-3-8-17(14)15/h2-12H,1H3/b18-12-. The second-order valence-electron chi connectivity index (χ2n) is 6.16. The number of hydrogen-bond acceptors (Lipinski definition) is 5. The molecule has 3 aromatic rings. The monoisotopic (exact) mass is 358 g/mol. The number of aryl methyl sites for hydroxylation is 1. The predicted octanol–water partition coefficient (Wildman–Crippen LogP) is 4.40. The summed E-state index contributed by atoms with van der Waals surface area (Å²) >= 11 is 0. The molecule has 6 heteroatoms. The first kappa shape index (κ1) is 16.7. The highest BCUT2D eigenvalue weighted by molar-refractivity contribution is 6.13. The molecule has 1 aliphatic rings. The lowest BCUT2D eigenvalue weighted by atomic mass is 10.0. The summed E-state index contributed by atoms with van der Waals surface area (Å²) in [6.07, 6.45) is 1.69. The normalized spacial score (nSPS) is 15.1. The molecule has 0 radical (unpaired) electrons. The summed E-state index contributed by atoms with van der Waals surface area (Å²) in [4.78, 5) is 27.0. The minimum Gasteiger partial charge on any atom is -0.402 e. The van der Waals surface area contributed by atoms with Crippen molar-refractivity contribution >= 4 is 34.4 Å². The molecule has 0 saturated heterocycles. The molecule has 27 heavy (non-hydrogen) atoms. The number of nitro groups is 1. The number of nitrogens with zero attached hydrogens (tertiary/aromatic N) is 2. The average molecular weight is 358 g/mol. The first-order chi connectivity index (χ1) is 13.0. The Kier molecular flexibility index (Phi) is 4.01. The Morgan fingerprint density at radius 3 is 2.63 bits per heavy atom. The van der Waals surface area contributed by atoms with Crippen molar-refractivity contribution in [3.05, 3.63) is 93.2 Å². The molecule has 132 valence electrons. The number of rotatable bonds is 3. The van der Waals surface area contributed by atoms with Crippen molar-refractivity contribution in [2.45, 2.75) is 6.92 Å². The van der Waals surface area contributed by atoms with E-state index in [1.807, 2.05) is 42.5 Å². The molecule has 1 heterocycles. The van der Waals surface area contributed by atoms with Crippen LogP contribution in [-0.2, 0) is 9.53 Å². The number of fused-ring (bicyclic) bond motifs is 1. The van der Waals surface area contributed by atoms with E-state index < -0.39 is 10.9 Å². The fourth-order valence-electron chi connectivity index (χ4n) is 3.05. The number of carbonyl (C=O) groups is 1. The predicted molar refractivity (Wildman–Crippen MR) is 102 cm³/mol. The quantitative estimate of drug-likeness (QED) is 0.301. The molecule has 3 aromatic carbocycles. The van der Waals surface area contributed by atoms with Gasteiger partial charge in [-0.05, 0) is 41.5 Å². The zero-order chi connectivity index (χ0) is 19.0. The molecule has 6 nitrogen and oxygen atoms in total. The average Bonchev–Trinajstić information content (AvgIpc) is 3.02. The molecule has 0 fully saturated rings. The van der Waals surface area contributed by atoms with Crippen molar-refractivity contribution in [1.29, 1.82) is 0 Å². The molecule has 0 spiro atoms. The molecule has 4 rings (SSSR count). The van der Waals surface area contributed by atoms with Gasteiger partial charge in [0.05, 0.1) is 4.92 Å². The van der Waals surface area contributed by atoms with Gasteiger partial charge in [0.15, 0.2) is 5.70 Å². The van der Waals surface area contributed by atoms with Crippen LogP contribution in [-0.4, -0.2) is 16.8 Å². The van der Waals surface area contributed by atoms with Crippen molar-refractivity contribution in [3.63, 3.8) is 0 Å². The summed E-state index contributed by atoms with van der Waals surface area (Å²) < 4.78 is 5.27. The lowest BCUT2D eigenvalue weighted by molar-refractivity contribution is -0.385. The number of esters is 1. The van der Waals surface area contributed by atoms with Crippen LogP contribution in [0.5, 0.6) is 0 Å². The Balaban J connectivity index is 1.74. The molecule has 0 N–H and O–H groups in total. The lowest BCUT2D eigenvalue weighted by Crippen LogP contribution is -2.06. The minimum atomic E-state index is -0.547. The molecule has 0 atom stereocenters. The van der Waals surface area contributed by atoms with Gasteiger partial charge in [-0.3, -0.25) is 10.1 Å². The summed E-state index contributed by atoms with van der Waals surface area (Å²) in [6, 6.07) is 18.2. The van der Waals surface area contributed by atoms with E-state index in [9.17, 15) is 14.9 Å². The van der Waals surface area contributed by atoms with Gasteiger partial charge >= 0.3 is 5.97 Å². The van der Waals surface area contributed by atoms with Crippen LogP contribution < -0.4 is 0 Å². The van der Waals surface area contributed by atoms with E-state index in [1.165, 1.54) is 12.1 Å². The highest BCUT2D eigenvalue weighted by Crippen LogP contribution is 2.26. The van der Waals surface area contributed by atoms with Gasteiger partial charge < -0.3 is 4.74 Å². The van der Waals surface area contributed by atoms with Crippen LogP contribution in [0.1, 0.15) is 16.7 Å². The maximum absolute atomic E-state index is 12.2. The van der Waals surface area contributed by atoms with Crippen LogP contribution >= 0.6 is 0 Å². The SMILES string of the molecule is Cc1cc(C2=N/C(=C\c3cccc4ccccc34)C(=O)O2)ccc1[N+](=O)[O-]. The third-order valence-corrected chi connectivity index (χ3v) is 4.38. The minimum absolute atomic E-state index is 0.00944. The maximum atomic E-state index is 12.2. The van der Waals surface area contributed by atoms with Crippen LogP contribution in [0.3, 0.4) is 0 Å². The van der Waals surface area contributed by atoms with E-state index >= 15 is 0 Å². The van der Waals surface area contributed by atoms with Gasteiger partial charge in [-0.2, -0.15) is 0 Å². The van der Waals surface area contributed by atoms with E-state index in [0.29, 0.717) is 11.1 Å². The summed E-state index contributed by atoms with van der Waals surface area (Å²) in [5.41, 5.74) is 2.06. The first-order valence-corrected chi connectivity index (χ1v) is 8.29. The second-order valence-corrected chi connectivity index (χ2v) is 6.16. The number of cyclic esters (lactones) is 1. The van der Waals surface area contributed by atoms with Crippen molar-refractivity contribution in [2.24, 2.45) is 4.99 Å². The van der Waals surface area contributed by atoms with Crippen molar-refractivity contribution < 1.29 is 14.5 Å². The third-order valence-electron chi connectivity index (χ3n) is 4.38. The molecule has 0 unspecified atom stereocenters. The van der Waals surface area contributed by atoms with Crippen molar-refractivity contribution in [2.75, 3.05) is 0 Å². The van der Waals surface area contributed by atoms with Crippen LogP contribution in [0.15, 0.2) is 71.4 Å². The Morgan fingerprint density at radius 1 is 1.07 bits per heavy atom. The number of benzene rings is 3. The van der Waals surface area contributed by atoms with Gasteiger partial charge in [0, 0.05) is 17.2 Å². The largest absolute Gasteiger partial charge is 0.402 e. The summed E-state index contributed by atoms with van der Waals surface area (Å²) in [6.45, 7) is 1.63. The van der Waals surface area contributed by atoms with Crippen LogP contribution in [0, 0.1) is 17.0 Å². The fraction of sp³-hybridized carbons (Fsp3) is 0.0476. The van der Waals surface area contributed by atoms with Gasteiger partial charge in [0.1, 0.15) is 0 Å². The molecular weight excluding hydrogens is 344 g/mol. The van der Waals surface area contributed by atoms with Crippen LogP contribution in [0.2, 0.25) is 0 Å². The molecule has 0 bridgehead atoms. The van der Waals surface area contributed by atoms with Gasteiger partial charge in [-0.1, -0.05) is 42.5 Å². The molecule has 0 aliphatic carbocycles. The molecule has 0 amide bonds. The van der Waals surface area contributed by atoms with E-state index in [0.717, 1.165) is 16.3 Å². The summed E-state index contributed by atoms with van der Waals surface area (Å²) in [5, 5.41) is 13.0. The van der Waals surface area contributed by atoms with Gasteiger partial charge in [-0.25, -0.2) is 9.79 Å². The smallest absolute Gasteiger partial charge is 0.363 e. The van der Waals surface area contributed by atoms with Crippen LogP contribution in [0.4, 0.5) is 5.69 Å². The second kappa shape index (κ2) is 6.49. The highest BCUT2D eigenvalue weighted by Gasteiger charge is 2.25. The van der Waals surface area contributed by atoms with E-state index in [1.54, 1.807) is 19.1 Å². The Hall–Kier alpha value is -3.80. The van der Waals surface area contributed by atoms with Gasteiger partial charge in [-0.15, -0.1) is 0 Å². The zero-order valence-corrected chi connectivity index (χ0v) is 14.4. The van der Waals surface area contributed by atoms with Crippen molar-refractivity contribution in [1.82, 2.24) is 0 Å². The number of carbonyl (C=O) groups excluding carboxylic acids is 1. The van der Waals surface area contributed by atoms with E-state index in [2.05, 4.69) is 4.99 Å². The fourth-order valence-corrected chi connectivity index (χ4v) is 3.05. The first-order valence-electron chi connectivity index (χ1n) is 8.29. The Labute approximate surface area is 154 Å². The number of aliphatic imine (C=N–C) groups is 1. The lowest BCUT2D eigenvalue weighted by Gasteiger charge is -2.02. The maximum Gasteiger partial charge on any atom is 0.363 e. The van der Waals surface area contributed by atoms with Crippen molar-refractivity contribution in [3.8, 4) is 0 Å². The van der Waals surface area contributed by atoms with Gasteiger partial charge in [0.25, 0.3) is 5.69 Å². The Morgan fingerprint density at radius 2 is 1.85 bits per heavy atom. The Bertz CT molecular complexity index is 1160. The molecule has 0 aromatic heterocycles. The highest BCUT2D eigenvalue weighted by atomic mass is 16.6. The number of hydrogen-bond donors (Lipinski definition) is 0.